The Hall–Kier alpha value is -0.430. The average Bonchev–Trinajstić information content (AvgIpc) is 2.81. The lowest BCUT2D eigenvalue weighted by Gasteiger charge is -2.06. The molecule has 0 amide bonds. The van der Waals surface area contributed by atoms with E-state index in [1.807, 2.05) is 0 Å². The number of benzene rings is 1. The van der Waals surface area contributed by atoms with E-state index in [0.29, 0.717) is 0 Å². The van der Waals surface area contributed by atoms with E-state index in [1.165, 1.54) is 10.5 Å². The maximum Gasteiger partial charge on any atom is 0.178 e. The molecule has 0 bridgehead atoms. The molecule has 0 aliphatic carbocycles. The summed E-state index contributed by atoms with van der Waals surface area (Å²) in [6, 6.07) is 6.37. The molecule has 0 aliphatic rings. The monoisotopic (exact) mass is 329 g/mol. The van der Waals surface area contributed by atoms with Gasteiger partial charge < -0.3 is 5.32 Å². The van der Waals surface area contributed by atoms with Gasteiger partial charge >= 0.3 is 0 Å². The van der Waals surface area contributed by atoms with Crippen LogP contribution in [0.2, 0.25) is 0 Å². The molecule has 1 N–H and O–H groups in total. The molecule has 0 unspecified atom stereocenters. The highest BCUT2D eigenvalue weighted by atomic mass is 79.9. The molecule has 2 aromatic rings. The van der Waals surface area contributed by atoms with Crippen LogP contribution in [0.25, 0.3) is 0 Å². The molecule has 6 heteroatoms. The fourth-order valence-electron chi connectivity index (χ4n) is 1.30. The highest BCUT2D eigenvalue weighted by molar-refractivity contribution is 9.10. The number of nitrogens with one attached hydrogen (secondary N) is 1. The molecule has 17 heavy (non-hydrogen) atoms. The van der Waals surface area contributed by atoms with Crippen molar-refractivity contribution in [3.05, 3.63) is 33.7 Å². The van der Waals surface area contributed by atoms with Gasteiger partial charge in [0, 0.05) is 15.9 Å². The molecule has 0 fully saturated rings. The van der Waals surface area contributed by atoms with E-state index in [2.05, 4.69) is 56.6 Å². The molecule has 0 aliphatic heterocycles. The minimum atomic E-state index is 0.890. The highest BCUT2D eigenvalue weighted by Crippen LogP contribution is 2.31. The van der Waals surface area contributed by atoms with Gasteiger partial charge in [-0.3, -0.25) is 0 Å². The molecular formula is C11H12BrN3S2. The Morgan fingerprint density at radius 1 is 1.47 bits per heavy atom. The van der Waals surface area contributed by atoms with Crippen molar-refractivity contribution in [2.75, 3.05) is 6.54 Å². The smallest absolute Gasteiger partial charge is 0.178 e. The topological polar surface area (TPSA) is 37.8 Å². The van der Waals surface area contributed by atoms with Crippen LogP contribution in [0, 0.1) is 0 Å². The van der Waals surface area contributed by atoms with Gasteiger partial charge in [-0.25, -0.2) is 0 Å². The van der Waals surface area contributed by atoms with E-state index in [9.17, 15) is 0 Å². The predicted molar refractivity (Wildman–Crippen MR) is 75.6 cm³/mol. The Balaban J connectivity index is 2.08. The second-order valence-corrected chi connectivity index (χ2v) is 6.35. The zero-order valence-corrected chi connectivity index (χ0v) is 12.5. The maximum atomic E-state index is 4.02. The maximum absolute atomic E-state index is 4.02. The van der Waals surface area contributed by atoms with E-state index in [4.69, 9.17) is 0 Å². The van der Waals surface area contributed by atoms with Crippen molar-refractivity contribution >= 4 is 39.0 Å². The van der Waals surface area contributed by atoms with Crippen LogP contribution >= 0.6 is 39.0 Å². The Bertz CT molecular complexity index is 474. The summed E-state index contributed by atoms with van der Waals surface area (Å²) in [4.78, 5) is 1.17. The summed E-state index contributed by atoms with van der Waals surface area (Å²) >= 11 is 6.79. The van der Waals surface area contributed by atoms with Crippen LogP contribution < -0.4 is 5.32 Å². The van der Waals surface area contributed by atoms with Gasteiger partial charge in [0.25, 0.3) is 0 Å². The Morgan fingerprint density at radius 3 is 3.00 bits per heavy atom. The van der Waals surface area contributed by atoms with Gasteiger partial charge in [-0.2, -0.15) is 0 Å². The Kier molecular flexibility index (Phi) is 4.97. The van der Waals surface area contributed by atoms with Crippen LogP contribution in [0.4, 0.5) is 0 Å². The van der Waals surface area contributed by atoms with Crippen molar-refractivity contribution in [1.29, 1.82) is 0 Å². The molecule has 2 rings (SSSR count). The van der Waals surface area contributed by atoms with Gasteiger partial charge in [0.1, 0.15) is 5.51 Å². The van der Waals surface area contributed by atoms with Crippen LogP contribution in [-0.4, -0.2) is 16.7 Å². The molecule has 3 nitrogen and oxygen atoms in total. The zero-order valence-electron chi connectivity index (χ0n) is 9.31. The third-order valence-corrected chi connectivity index (χ3v) is 4.64. The third kappa shape index (κ3) is 3.77. The summed E-state index contributed by atoms with van der Waals surface area (Å²) in [6.07, 6.45) is 0. The first kappa shape index (κ1) is 13.0. The fraction of sp³-hybridized carbons (Fsp3) is 0.273. The number of hydrogen-bond donors (Lipinski definition) is 1. The normalized spacial score (nSPS) is 10.7. The highest BCUT2D eigenvalue weighted by Gasteiger charge is 2.04. The number of hydrogen-bond acceptors (Lipinski definition) is 5. The second-order valence-electron chi connectivity index (χ2n) is 3.34. The van der Waals surface area contributed by atoms with Crippen LogP contribution in [0.15, 0.2) is 37.4 Å². The molecule has 90 valence electrons. The molecule has 1 aromatic carbocycles. The Morgan fingerprint density at radius 2 is 2.35 bits per heavy atom. The summed E-state index contributed by atoms with van der Waals surface area (Å²) in [5.74, 6) is 0. The summed E-state index contributed by atoms with van der Waals surface area (Å²) in [6.45, 7) is 3.97. The number of halogens is 1. The molecule has 0 atom stereocenters. The first-order valence-corrected chi connectivity index (χ1v) is 7.71. The van der Waals surface area contributed by atoms with E-state index < -0.39 is 0 Å². The van der Waals surface area contributed by atoms with E-state index >= 15 is 0 Å². The van der Waals surface area contributed by atoms with Gasteiger partial charge in [-0.05, 0) is 24.2 Å². The SMILES string of the molecule is CCNCc1ccc(Sc2nncs2)cc1Br. The summed E-state index contributed by atoms with van der Waals surface area (Å²) in [7, 11) is 0. The van der Waals surface area contributed by atoms with Crippen molar-refractivity contribution < 1.29 is 0 Å². The van der Waals surface area contributed by atoms with Crippen molar-refractivity contribution in [3.63, 3.8) is 0 Å². The second kappa shape index (κ2) is 6.49. The third-order valence-electron chi connectivity index (χ3n) is 2.14. The minimum Gasteiger partial charge on any atom is -0.313 e. The van der Waals surface area contributed by atoms with Crippen LogP contribution in [0.1, 0.15) is 12.5 Å². The van der Waals surface area contributed by atoms with Gasteiger partial charge in [0.05, 0.1) is 0 Å². The number of aromatic nitrogens is 2. The minimum absolute atomic E-state index is 0.890. The van der Waals surface area contributed by atoms with E-state index in [0.717, 1.165) is 21.9 Å². The lowest BCUT2D eigenvalue weighted by molar-refractivity contribution is 0.724. The molecule has 1 heterocycles. The summed E-state index contributed by atoms with van der Waals surface area (Å²) in [5.41, 5.74) is 3.02. The summed E-state index contributed by atoms with van der Waals surface area (Å²) in [5, 5.41) is 11.2. The van der Waals surface area contributed by atoms with Gasteiger partial charge in [-0.1, -0.05) is 52.0 Å². The van der Waals surface area contributed by atoms with E-state index in [1.54, 1.807) is 28.6 Å². The Labute approximate surface area is 117 Å². The predicted octanol–water partition coefficient (Wildman–Crippen LogP) is 3.56. The van der Waals surface area contributed by atoms with Crippen LogP contribution in [0.5, 0.6) is 0 Å². The van der Waals surface area contributed by atoms with Crippen molar-refractivity contribution in [3.8, 4) is 0 Å². The quantitative estimate of drug-likeness (QED) is 0.910. The van der Waals surface area contributed by atoms with Crippen molar-refractivity contribution in [2.45, 2.75) is 22.7 Å². The van der Waals surface area contributed by atoms with Crippen molar-refractivity contribution in [1.82, 2.24) is 15.5 Å². The number of rotatable bonds is 5. The number of nitrogens with zero attached hydrogens (tertiary/aromatic N) is 2. The first-order chi connectivity index (χ1) is 8.29. The lowest BCUT2D eigenvalue weighted by Crippen LogP contribution is -2.11. The standard InChI is InChI=1S/C11H12BrN3S2/c1-2-13-6-8-3-4-9(5-10(8)12)17-11-15-14-7-16-11/h3-5,7,13H,2,6H2,1H3. The molecule has 0 spiro atoms. The van der Waals surface area contributed by atoms with Gasteiger partial charge in [0.2, 0.25) is 0 Å². The molecular weight excluding hydrogens is 318 g/mol. The molecule has 0 saturated carbocycles. The van der Waals surface area contributed by atoms with E-state index in [-0.39, 0.29) is 0 Å². The van der Waals surface area contributed by atoms with Crippen LogP contribution in [0.3, 0.4) is 0 Å². The summed E-state index contributed by atoms with van der Waals surface area (Å²) < 4.78 is 2.10. The first-order valence-electron chi connectivity index (χ1n) is 5.22. The van der Waals surface area contributed by atoms with Gasteiger partial charge in [-0.15, -0.1) is 10.2 Å². The van der Waals surface area contributed by atoms with Crippen molar-refractivity contribution in [2.24, 2.45) is 0 Å². The molecule has 1 aromatic heterocycles. The van der Waals surface area contributed by atoms with Gasteiger partial charge in [0.15, 0.2) is 4.34 Å². The van der Waals surface area contributed by atoms with Crippen LogP contribution in [-0.2, 0) is 6.54 Å². The fourth-order valence-corrected chi connectivity index (χ4v) is 3.46. The molecule has 0 saturated heterocycles. The largest absolute Gasteiger partial charge is 0.313 e. The molecule has 0 radical (unpaired) electrons. The zero-order chi connectivity index (χ0) is 12.1. The lowest BCUT2D eigenvalue weighted by atomic mass is 10.2. The average molecular weight is 330 g/mol.